The topological polar surface area (TPSA) is 54.6 Å². The predicted molar refractivity (Wildman–Crippen MR) is 54.6 cm³/mol. The van der Waals surface area contributed by atoms with Crippen molar-refractivity contribution in [3.8, 4) is 5.75 Å². The second-order valence-corrected chi connectivity index (χ2v) is 3.79. The Morgan fingerprint density at radius 2 is 0.857 bits per heavy atom. The quantitative estimate of drug-likeness (QED) is 0.384. The van der Waals surface area contributed by atoms with Crippen LogP contribution in [0.15, 0.2) is 0 Å². The molecule has 0 aliphatic heterocycles. The summed E-state index contributed by atoms with van der Waals surface area (Å²) >= 11 is 27.7. The van der Waals surface area contributed by atoms with E-state index in [2.05, 4.69) is 0 Å². The molecule has 0 atom stereocenters. The van der Waals surface area contributed by atoms with Crippen LogP contribution < -0.4 is 34.7 Å². The number of benzene rings is 1. The first-order chi connectivity index (χ1) is 5.46. The third-order valence-electron chi connectivity index (χ3n) is 1.17. The first-order valence-corrected chi connectivity index (χ1v) is 4.54. The summed E-state index contributed by atoms with van der Waals surface area (Å²) in [6, 6.07) is 0. The van der Waals surface area contributed by atoms with Gasteiger partial charge in [0, 0.05) is 0 Å². The fourth-order valence-corrected chi connectivity index (χ4v) is 1.71. The smallest absolute Gasteiger partial charge is 0.870 e. The van der Waals surface area contributed by atoms with E-state index in [1.165, 1.54) is 0 Å². The third-order valence-corrected chi connectivity index (χ3v) is 3.41. The van der Waals surface area contributed by atoms with Crippen LogP contribution in [0.4, 0.5) is 0 Å². The molecule has 8 heteroatoms. The minimum Gasteiger partial charge on any atom is -0.870 e. The van der Waals surface area contributed by atoms with Gasteiger partial charge in [0.2, 0.25) is 0 Å². The Balaban J connectivity index is 0. The molecule has 0 saturated heterocycles. The zero-order valence-electron chi connectivity index (χ0n) is 6.80. The Hall–Kier alpha value is 1.43. The molecule has 0 unspecified atom stereocenters. The van der Waals surface area contributed by atoms with Gasteiger partial charge in [0.05, 0.1) is 25.1 Å². The van der Waals surface area contributed by atoms with Crippen molar-refractivity contribution in [2.75, 3.05) is 0 Å². The molecule has 1 aromatic carbocycles. The number of hydrogen-bond donors (Lipinski definition) is 0. The van der Waals surface area contributed by atoms with Crippen LogP contribution in [0, 0.1) is 0 Å². The summed E-state index contributed by atoms with van der Waals surface area (Å²) in [6.07, 6.45) is 0. The number of rotatable bonds is 0. The summed E-state index contributed by atoms with van der Waals surface area (Å²) < 4.78 is 0. The fraction of sp³-hybridized carbons (Fsp3) is 0. The molecular formula is C6H2Cl5NaO2. The predicted octanol–water partition coefficient (Wildman–Crippen LogP) is 0.207. The van der Waals surface area contributed by atoms with Crippen molar-refractivity contribution in [1.82, 2.24) is 0 Å². The van der Waals surface area contributed by atoms with Crippen molar-refractivity contribution in [3.05, 3.63) is 25.1 Å². The van der Waals surface area contributed by atoms with Crippen LogP contribution in [0.2, 0.25) is 25.1 Å². The van der Waals surface area contributed by atoms with Crippen molar-refractivity contribution >= 4 is 58.0 Å². The standard InChI is InChI=1S/C6HCl5O.Na.H2O/c7-1-2(8)4(10)6(12)5(11)3(1)9;;/h12H;;1H2/q;+1;/p-1. The Morgan fingerprint density at radius 3 is 1.14 bits per heavy atom. The minimum atomic E-state index is -0.613. The summed E-state index contributed by atoms with van der Waals surface area (Å²) in [7, 11) is 0. The first kappa shape index (κ1) is 17.8. The Kier molecular flexibility index (Phi) is 8.77. The normalized spacial score (nSPS) is 8.93. The van der Waals surface area contributed by atoms with E-state index in [1.54, 1.807) is 0 Å². The van der Waals surface area contributed by atoms with Crippen LogP contribution in [-0.2, 0) is 0 Å². The van der Waals surface area contributed by atoms with Gasteiger partial charge >= 0.3 is 29.6 Å². The van der Waals surface area contributed by atoms with Crippen LogP contribution in [0.25, 0.3) is 0 Å². The summed E-state index contributed by atoms with van der Waals surface area (Å²) in [5, 5.41) is 10.5. The van der Waals surface area contributed by atoms with Gasteiger partial charge in [0.15, 0.2) is 0 Å². The number of halogens is 5. The summed E-state index contributed by atoms with van der Waals surface area (Å²) in [5.41, 5.74) is 0. The Bertz CT molecular complexity index is 238. The molecule has 0 radical (unpaired) electrons. The third kappa shape index (κ3) is 3.21. The maximum absolute atomic E-state index is 11.1. The van der Waals surface area contributed by atoms with Crippen molar-refractivity contribution in [1.29, 1.82) is 0 Å². The van der Waals surface area contributed by atoms with Gasteiger partial charge in [-0.2, -0.15) is 0 Å². The second-order valence-electron chi connectivity index (χ2n) is 1.90. The first-order valence-electron chi connectivity index (χ1n) is 2.65. The second kappa shape index (κ2) is 6.89. The maximum atomic E-state index is 11.1. The van der Waals surface area contributed by atoms with E-state index in [-0.39, 0.29) is 60.1 Å². The van der Waals surface area contributed by atoms with Gasteiger partial charge in [0.1, 0.15) is 0 Å². The average Bonchev–Trinajstić information content (AvgIpc) is 2.08. The van der Waals surface area contributed by atoms with Crippen LogP contribution >= 0.6 is 58.0 Å². The zero-order valence-corrected chi connectivity index (χ0v) is 12.6. The van der Waals surface area contributed by atoms with Crippen LogP contribution in [-0.4, -0.2) is 5.48 Å². The minimum absolute atomic E-state index is 0. The van der Waals surface area contributed by atoms with Crippen LogP contribution in [0.5, 0.6) is 5.75 Å². The van der Waals surface area contributed by atoms with E-state index in [0.717, 1.165) is 0 Å². The molecule has 74 valence electrons. The Morgan fingerprint density at radius 1 is 0.643 bits per heavy atom. The molecule has 0 heterocycles. The molecule has 2 nitrogen and oxygen atoms in total. The van der Waals surface area contributed by atoms with Gasteiger partial charge in [-0.1, -0.05) is 63.8 Å². The van der Waals surface area contributed by atoms with E-state index in [4.69, 9.17) is 58.0 Å². The van der Waals surface area contributed by atoms with Crippen molar-refractivity contribution in [2.24, 2.45) is 0 Å². The molecule has 14 heavy (non-hydrogen) atoms. The van der Waals surface area contributed by atoms with Gasteiger partial charge in [-0.15, -0.1) is 0 Å². The molecule has 1 rings (SSSR count). The van der Waals surface area contributed by atoms with Gasteiger partial charge < -0.3 is 10.6 Å². The van der Waals surface area contributed by atoms with Crippen molar-refractivity contribution in [3.63, 3.8) is 0 Å². The van der Waals surface area contributed by atoms with Crippen LogP contribution in [0.3, 0.4) is 0 Å². The number of hydrogen-bond acceptors (Lipinski definition) is 1. The van der Waals surface area contributed by atoms with Gasteiger partial charge in [-0.3, -0.25) is 0 Å². The van der Waals surface area contributed by atoms with Crippen molar-refractivity contribution < 1.29 is 40.1 Å². The van der Waals surface area contributed by atoms with Gasteiger partial charge in [-0.25, -0.2) is 0 Å². The molecule has 0 aliphatic rings. The molecule has 1 aromatic rings. The molecule has 0 fully saturated rings. The molecule has 0 bridgehead atoms. The van der Waals surface area contributed by atoms with E-state index in [9.17, 15) is 5.11 Å². The summed E-state index contributed by atoms with van der Waals surface area (Å²) in [4.78, 5) is 0. The Labute approximate surface area is 128 Å². The van der Waals surface area contributed by atoms with E-state index >= 15 is 0 Å². The fourth-order valence-electron chi connectivity index (χ4n) is 0.585. The maximum Gasteiger partial charge on any atom is 1.00 e. The molecule has 0 saturated carbocycles. The van der Waals surface area contributed by atoms with E-state index < -0.39 is 5.75 Å². The average molecular weight is 306 g/mol. The van der Waals surface area contributed by atoms with Gasteiger partial charge in [-0.05, 0) is 0 Å². The van der Waals surface area contributed by atoms with Gasteiger partial charge in [0.25, 0.3) is 0 Å². The summed E-state index contributed by atoms with van der Waals surface area (Å²) in [5.74, 6) is -0.613. The largest absolute Gasteiger partial charge is 1.00 e. The molecular weight excluding hydrogens is 304 g/mol. The molecule has 2 N–H and O–H groups in total. The molecule has 0 aliphatic carbocycles. The van der Waals surface area contributed by atoms with E-state index in [0.29, 0.717) is 0 Å². The van der Waals surface area contributed by atoms with Crippen molar-refractivity contribution in [2.45, 2.75) is 0 Å². The molecule has 0 spiro atoms. The monoisotopic (exact) mass is 304 g/mol. The summed E-state index contributed by atoms with van der Waals surface area (Å²) in [6.45, 7) is 0. The molecule has 0 aromatic heterocycles. The van der Waals surface area contributed by atoms with Crippen LogP contribution in [0.1, 0.15) is 0 Å². The SMILES string of the molecule is O.[Na+].[O-]c1c(Cl)c(Cl)c(Cl)c(Cl)c1Cl. The zero-order chi connectivity index (χ0) is 9.46. The molecule has 0 amide bonds. The van der Waals surface area contributed by atoms with E-state index in [1.807, 2.05) is 0 Å².